The smallest absolute Gasteiger partial charge is 0.0898 e. The minimum atomic E-state index is 0.233. The summed E-state index contributed by atoms with van der Waals surface area (Å²) >= 11 is 1.72. The molecule has 90 valence electrons. The highest BCUT2D eigenvalue weighted by Crippen LogP contribution is 2.29. The maximum absolute atomic E-state index is 6.13. The van der Waals surface area contributed by atoms with Crippen molar-refractivity contribution in [3.8, 4) is 0 Å². The Morgan fingerprint density at radius 1 is 1.59 bits per heavy atom. The number of aromatic nitrogens is 2. The summed E-state index contributed by atoms with van der Waals surface area (Å²) in [5.41, 5.74) is 10.0. The molecule has 0 fully saturated rings. The molecule has 3 nitrogen and oxygen atoms in total. The van der Waals surface area contributed by atoms with Crippen molar-refractivity contribution in [2.24, 2.45) is 5.73 Å². The van der Waals surface area contributed by atoms with Crippen molar-refractivity contribution >= 4 is 11.3 Å². The number of thiazole rings is 1. The molecule has 0 radical (unpaired) electrons. The zero-order valence-electron chi connectivity index (χ0n) is 10.0. The molecule has 1 aliphatic rings. The highest BCUT2D eigenvalue weighted by Gasteiger charge is 2.20. The van der Waals surface area contributed by atoms with Gasteiger partial charge in [-0.3, -0.25) is 0 Å². The van der Waals surface area contributed by atoms with Gasteiger partial charge in [0, 0.05) is 23.3 Å². The average Bonchev–Trinajstić information content (AvgIpc) is 2.88. The number of aryl methyl sites for hydroxylation is 1. The molecule has 0 saturated heterocycles. The van der Waals surface area contributed by atoms with Crippen LogP contribution in [-0.2, 0) is 13.0 Å². The molecule has 1 aliphatic carbocycles. The predicted molar refractivity (Wildman–Crippen MR) is 70.3 cm³/mol. The molecule has 2 aromatic rings. The van der Waals surface area contributed by atoms with Gasteiger partial charge < -0.3 is 10.3 Å². The van der Waals surface area contributed by atoms with Crippen molar-refractivity contribution in [1.82, 2.24) is 9.55 Å². The van der Waals surface area contributed by atoms with E-state index in [-0.39, 0.29) is 6.04 Å². The minimum absolute atomic E-state index is 0.233. The molecule has 17 heavy (non-hydrogen) atoms. The van der Waals surface area contributed by atoms with Crippen LogP contribution in [0.5, 0.6) is 0 Å². The van der Waals surface area contributed by atoms with Crippen molar-refractivity contribution in [2.45, 2.75) is 38.8 Å². The van der Waals surface area contributed by atoms with Crippen LogP contribution in [0.4, 0.5) is 0 Å². The molecular formula is C13H17N3S. The standard InChI is InChI=1S/C13H17N3S/c1-9-15-10(8-17-9)7-16-6-5-11-12(14)3-2-4-13(11)16/h5-6,8,12H,2-4,7,14H2,1H3. The lowest BCUT2D eigenvalue weighted by Crippen LogP contribution is -2.18. The van der Waals surface area contributed by atoms with E-state index < -0.39 is 0 Å². The summed E-state index contributed by atoms with van der Waals surface area (Å²) < 4.78 is 2.31. The Morgan fingerprint density at radius 2 is 2.47 bits per heavy atom. The quantitative estimate of drug-likeness (QED) is 0.886. The highest BCUT2D eigenvalue weighted by atomic mass is 32.1. The van der Waals surface area contributed by atoms with E-state index in [1.165, 1.54) is 17.7 Å². The van der Waals surface area contributed by atoms with Gasteiger partial charge in [0.05, 0.1) is 17.2 Å². The molecule has 1 unspecified atom stereocenters. The molecule has 0 spiro atoms. The summed E-state index contributed by atoms with van der Waals surface area (Å²) in [7, 11) is 0. The second-order valence-corrected chi connectivity index (χ2v) is 5.76. The van der Waals surface area contributed by atoms with E-state index in [1.54, 1.807) is 11.3 Å². The lowest BCUT2D eigenvalue weighted by atomic mass is 9.94. The molecular weight excluding hydrogens is 230 g/mol. The van der Waals surface area contributed by atoms with Gasteiger partial charge in [-0.1, -0.05) is 0 Å². The Bertz CT molecular complexity index is 527. The Balaban J connectivity index is 1.89. The molecule has 0 aliphatic heterocycles. The van der Waals surface area contributed by atoms with Gasteiger partial charge in [-0.15, -0.1) is 11.3 Å². The Kier molecular flexibility index (Phi) is 2.76. The van der Waals surface area contributed by atoms with Crippen LogP contribution in [0.1, 0.15) is 40.8 Å². The summed E-state index contributed by atoms with van der Waals surface area (Å²) in [6, 6.07) is 2.41. The largest absolute Gasteiger partial charge is 0.345 e. The van der Waals surface area contributed by atoms with Gasteiger partial charge >= 0.3 is 0 Å². The second kappa shape index (κ2) is 4.27. The number of rotatable bonds is 2. The molecule has 0 saturated carbocycles. The Hall–Kier alpha value is -1.13. The highest BCUT2D eigenvalue weighted by molar-refractivity contribution is 7.09. The fourth-order valence-corrected chi connectivity index (χ4v) is 3.20. The molecule has 0 amide bonds. The SMILES string of the molecule is Cc1nc(Cn2ccc3c2CCCC3N)cs1. The van der Waals surface area contributed by atoms with E-state index in [4.69, 9.17) is 5.73 Å². The molecule has 2 aromatic heterocycles. The fourth-order valence-electron chi connectivity index (χ4n) is 2.60. The van der Waals surface area contributed by atoms with Gasteiger partial charge in [-0.05, 0) is 37.8 Å². The first-order chi connectivity index (χ1) is 8.24. The van der Waals surface area contributed by atoms with Crippen LogP contribution >= 0.6 is 11.3 Å². The lowest BCUT2D eigenvalue weighted by molar-refractivity contribution is 0.547. The molecule has 2 heterocycles. The van der Waals surface area contributed by atoms with E-state index in [1.807, 2.05) is 0 Å². The summed E-state index contributed by atoms with van der Waals surface area (Å²) in [5.74, 6) is 0. The number of hydrogen-bond acceptors (Lipinski definition) is 3. The molecule has 1 atom stereocenters. The van der Waals surface area contributed by atoms with Gasteiger partial charge in [-0.2, -0.15) is 0 Å². The number of nitrogens with zero attached hydrogens (tertiary/aromatic N) is 2. The fraction of sp³-hybridized carbons (Fsp3) is 0.462. The predicted octanol–water partition coefficient (Wildman–Crippen LogP) is 2.64. The lowest BCUT2D eigenvalue weighted by Gasteiger charge is -2.20. The van der Waals surface area contributed by atoms with Crippen molar-refractivity contribution in [2.75, 3.05) is 0 Å². The first kappa shape index (κ1) is 11.0. The zero-order chi connectivity index (χ0) is 11.8. The number of nitrogens with two attached hydrogens (primary N) is 1. The first-order valence-electron chi connectivity index (χ1n) is 6.08. The van der Waals surface area contributed by atoms with E-state index in [2.05, 4.69) is 34.1 Å². The van der Waals surface area contributed by atoms with E-state index in [0.717, 1.165) is 30.1 Å². The second-order valence-electron chi connectivity index (χ2n) is 4.70. The summed E-state index contributed by atoms with van der Waals surface area (Å²) in [6.07, 6.45) is 5.63. The van der Waals surface area contributed by atoms with Crippen LogP contribution in [0.15, 0.2) is 17.6 Å². The molecule has 3 rings (SSSR count). The van der Waals surface area contributed by atoms with Gasteiger partial charge in [-0.25, -0.2) is 4.98 Å². The summed E-state index contributed by atoms with van der Waals surface area (Å²) in [5, 5.41) is 3.28. The average molecular weight is 247 g/mol. The van der Waals surface area contributed by atoms with Crippen LogP contribution in [-0.4, -0.2) is 9.55 Å². The number of hydrogen-bond donors (Lipinski definition) is 1. The molecule has 2 N–H and O–H groups in total. The first-order valence-corrected chi connectivity index (χ1v) is 6.96. The van der Waals surface area contributed by atoms with Crippen LogP contribution in [0.2, 0.25) is 0 Å². The van der Waals surface area contributed by atoms with Crippen molar-refractivity contribution < 1.29 is 0 Å². The van der Waals surface area contributed by atoms with E-state index in [9.17, 15) is 0 Å². The summed E-state index contributed by atoms with van der Waals surface area (Å²) in [4.78, 5) is 4.52. The monoisotopic (exact) mass is 247 g/mol. The van der Waals surface area contributed by atoms with Gasteiger partial charge in [0.25, 0.3) is 0 Å². The van der Waals surface area contributed by atoms with Crippen molar-refractivity contribution in [3.05, 3.63) is 39.6 Å². The third-order valence-corrected chi connectivity index (χ3v) is 4.26. The Labute approximate surface area is 105 Å². The van der Waals surface area contributed by atoms with Gasteiger partial charge in [0.1, 0.15) is 0 Å². The normalized spacial score (nSPS) is 19.3. The summed E-state index contributed by atoms with van der Waals surface area (Å²) in [6.45, 7) is 2.93. The van der Waals surface area contributed by atoms with Crippen LogP contribution < -0.4 is 5.73 Å². The van der Waals surface area contributed by atoms with Gasteiger partial charge in [0.2, 0.25) is 0 Å². The molecule has 0 aromatic carbocycles. The van der Waals surface area contributed by atoms with Gasteiger partial charge in [0.15, 0.2) is 0 Å². The topological polar surface area (TPSA) is 43.8 Å². The third kappa shape index (κ3) is 2.03. The molecule has 0 bridgehead atoms. The zero-order valence-corrected chi connectivity index (χ0v) is 10.8. The number of fused-ring (bicyclic) bond motifs is 1. The maximum Gasteiger partial charge on any atom is 0.0898 e. The van der Waals surface area contributed by atoms with E-state index in [0.29, 0.717) is 0 Å². The van der Waals surface area contributed by atoms with Crippen LogP contribution in [0, 0.1) is 6.92 Å². The van der Waals surface area contributed by atoms with Crippen molar-refractivity contribution in [3.63, 3.8) is 0 Å². The molecule has 4 heteroatoms. The minimum Gasteiger partial charge on any atom is -0.345 e. The Morgan fingerprint density at radius 3 is 3.24 bits per heavy atom. The van der Waals surface area contributed by atoms with Crippen molar-refractivity contribution in [1.29, 1.82) is 0 Å². The third-order valence-electron chi connectivity index (χ3n) is 3.44. The maximum atomic E-state index is 6.13. The van der Waals surface area contributed by atoms with Crippen LogP contribution in [0.3, 0.4) is 0 Å². The van der Waals surface area contributed by atoms with Crippen LogP contribution in [0.25, 0.3) is 0 Å². The van der Waals surface area contributed by atoms with E-state index >= 15 is 0 Å².